The van der Waals surface area contributed by atoms with E-state index in [1.54, 1.807) is 31.2 Å². The van der Waals surface area contributed by atoms with E-state index in [2.05, 4.69) is 116 Å². The van der Waals surface area contributed by atoms with Crippen LogP contribution in [0.4, 0.5) is 5.69 Å². The van der Waals surface area contributed by atoms with Crippen LogP contribution in [0.5, 0.6) is 0 Å². The second-order valence-corrected chi connectivity index (χ2v) is 23.8. The number of piperidine rings is 1. The highest BCUT2D eigenvalue weighted by Gasteiger charge is 2.17. The number of nitrogens with one attached hydrogen (secondary N) is 6. The van der Waals surface area contributed by atoms with Crippen LogP contribution in [-0.2, 0) is 19.0 Å². The molecule has 5 heterocycles. The van der Waals surface area contributed by atoms with Crippen LogP contribution >= 0.6 is 11.8 Å². The second-order valence-electron chi connectivity index (χ2n) is 21.2. The maximum atomic E-state index is 11.3. The number of anilines is 1. The lowest BCUT2D eigenvalue weighted by Crippen LogP contribution is -2.32. The molecule has 472 valence electrons. The molecule has 6 N–H and O–H groups in total. The van der Waals surface area contributed by atoms with Gasteiger partial charge >= 0.3 is 0 Å². The minimum atomic E-state index is -3.53. The molecule has 5 aliphatic heterocycles. The summed E-state index contributed by atoms with van der Waals surface area (Å²) in [5.41, 5.74) is 2.18. The number of nitrogens with zero attached hydrogens (tertiary/aromatic N) is 5. The van der Waals surface area contributed by atoms with Gasteiger partial charge in [0.25, 0.3) is 10.1 Å². The van der Waals surface area contributed by atoms with Gasteiger partial charge in [-0.25, -0.2) is 0 Å². The molecule has 17 heteroatoms. The average Bonchev–Trinajstić information content (AvgIpc) is 3.70. The molecule has 0 unspecified atom stereocenters. The third-order valence-corrected chi connectivity index (χ3v) is 16.3. The minimum Gasteiger partial charge on any atom is -0.388 e. The molecule has 10 rings (SSSR count). The van der Waals surface area contributed by atoms with Crippen molar-refractivity contribution in [3.05, 3.63) is 72.8 Å². The van der Waals surface area contributed by atoms with Gasteiger partial charge in [-0.05, 0) is 225 Å². The first-order valence-corrected chi connectivity index (χ1v) is 32.8. The van der Waals surface area contributed by atoms with E-state index in [1.165, 1.54) is 154 Å². The Labute approximate surface area is 500 Å². The van der Waals surface area contributed by atoms with Crippen molar-refractivity contribution >= 4 is 27.6 Å². The number of para-hydroxylation sites is 1. The average molecular weight is 1170 g/mol. The highest BCUT2D eigenvalue weighted by Crippen LogP contribution is 2.18. The number of aryl methyl sites for hydroxylation is 1. The van der Waals surface area contributed by atoms with Crippen molar-refractivity contribution in [2.75, 3.05) is 186 Å². The molecule has 0 radical (unpaired) electrons. The van der Waals surface area contributed by atoms with Gasteiger partial charge in [0.15, 0.2) is 0 Å². The summed E-state index contributed by atoms with van der Waals surface area (Å²) in [4.78, 5) is 11.9. The summed E-state index contributed by atoms with van der Waals surface area (Å²) in [6.45, 7) is 24.5. The molecular formula is C63H129N11O4S2. The van der Waals surface area contributed by atoms with E-state index in [0.29, 0.717) is 0 Å². The Morgan fingerprint density at radius 1 is 0.575 bits per heavy atom. The topological polar surface area (TPSA) is 141 Å². The molecule has 0 bridgehead atoms. The third kappa shape index (κ3) is 53.8. The lowest BCUT2D eigenvalue weighted by Gasteiger charge is -2.24. The van der Waals surface area contributed by atoms with E-state index in [4.69, 9.17) is 4.74 Å². The first-order chi connectivity index (χ1) is 38.1. The zero-order valence-electron chi connectivity index (χ0n) is 53.3. The van der Waals surface area contributed by atoms with Gasteiger partial charge in [0.1, 0.15) is 0 Å². The van der Waals surface area contributed by atoms with Crippen molar-refractivity contribution in [3.8, 4) is 0 Å². The molecule has 8 fully saturated rings. The predicted octanol–water partition coefficient (Wildman–Crippen LogP) is 9.68. The number of ether oxygens (including phenoxy) is 1. The van der Waals surface area contributed by atoms with Crippen LogP contribution in [0.3, 0.4) is 0 Å². The molecule has 5 saturated heterocycles. The SMILES string of the molecule is C.C=CCNC.CCNC.CCOS(=O)(=O)c1ccc(C)cc1.CN1CCC1.CN1CCCC1.CN1CCCCC1.CN1CCOCC1.CN1CCSC1.CNC1CC1.CNC1CCC1.CNC1CCCC1.CNc1ccccc1. The Hall–Kier alpha value is -2.20. The quantitative estimate of drug-likeness (QED) is 0.0993. The van der Waals surface area contributed by atoms with Gasteiger partial charge < -0.3 is 56.2 Å². The van der Waals surface area contributed by atoms with E-state index in [1.807, 2.05) is 90.3 Å². The van der Waals surface area contributed by atoms with Gasteiger partial charge in [-0.1, -0.05) is 82.0 Å². The predicted molar refractivity (Wildman–Crippen MR) is 355 cm³/mol. The largest absolute Gasteiger partial charge is 0.388 e. The standard InChI is InChI=1S/C9H12O3S.C7H9N.2C6H13N.C5H11NO.2C5H11N.C4H9NS.3C4H9N.C3H9N.CH4/c1-3-12-13(10,11)9-6-4-8(2)5-7-9;1-8-7-5-3-2-4-6-7;1-7-5-3-2-4-6-7;1-7-6-4-2-3-5-6;1-6-2-4-7-5-3-6;1-6-4-2-3-5-6;1-6-5-3-2-4-5;1-5-2-3-6-4-5;1-5-3-2-4-5;1-5-4-2-3-4;1-3-4-5-2;1-3-4-2;/h4-7H,3H2,1-2H3;2-6,8H,1H3;2-6H2,1H3;6-7H,2-5H2,1H3;2-5H2,1H3;2-5H2,1H3;5-6H,2-4H2,1H3;2-4H2,1H3;2-4H2,1H3;4-5H,2-3H2,1H3;3,5H,1,4H2,2H3;4H,3H2,1-2H3;1H4. The van der Waals surface area contributed by atoms with E-state index in [-0.39, 0.29) is 18.9 Å². The Kier molecular flexibility index (Phi) is 60.0. The van der Waals surface area contributed by atoms with Crippen LogP contribution in [-0.4, -0.2) is 232 Å². The van der Waals surface area contributed by atoms with Crippen LogP contribution in [0.15, 0.2) is 72.1 Å². The first-order valence-electron chi connectivity index (χ1n) is 30.3. The van der Waals surface area contributed by atoms with Crippen molar-refractivity contribution in [2.24, 2.45) is 0 Å². The van der Waals surface area contributed by atoms with Gasteiger partial charge in [-0.3, -0.25) is 9.08 Å². The molecule has 8 aliphatic rings. The number of morpholine rings is 1. The fourth-order valence-electron chi connectivity index (χ4n) is 7.52. The maximum absolute atomic E-state index is 11.3. The number of hydrogen-bond donors (Lipinski definition) is 6. The summed E-state index contributed by atoms with van der Waals surface area (Å²) >= 11 is 2.01. The maximum Gasteiger partial charge on any atom is 0.296 e. The third-order valence-electron chi connectivity index (χ3n) is 13.8. The van der Waals surface area contributed by atoms with E-state index in [0.717, 1.165) is 68.8 Å². The van der Waals surface area contributed by atoms with Gasteiger partial charge in [0.2, 0.25) is 0 Å². The molecule has 0 atom stereocenters. The zero-order valence-corrected chi connectivity index (χ0v) is 55.0. The summed E-state index contributed by atoms with van der Waals surface area (Å²) in [7, 11) is 19.1. The van der Waals surface area contributed by atoms with Crippen LogP contribution in [0.1, 0.15) is 123 Å². The molecule has 80 heavy (non-hydrogen) atoms. The first kappa shape index (κ1) is 82.0. The van der Waals surface area contributed by atoms with Crippen LogP contribution in [0, 0.1) is 6.92 Å². The molecule has 3 saturated carbocycles. The van der Waals surface area contributed by atoms with Crippen molar-refractivity contribution in [1.29, 1.82) is 0 Å². The molecule has 2 aromatic carbocycles. The second kappa shape index (κ2) is 58.6. The number of likely N-dealkylation sites (tertiary alicyclic amines) is 3. The smallest absolute Gasteiger partial charge is 0.296 e. The van der Waals surface area contributed by atoms with Gasteiger partial charge in [-0.15, -0.1) is 18.3 Å². The fraction of sp³-hybridized carbons (Fsp3) is 0.778. The highest BCUT2D eigenvalue weighted by atomic mass is 32.2. The van der Waals surface area contributed by atoms with E-state index >= 15 is 0 Å². The fourth-order valence-corrected chi connectivity index (χ4v) is 9.45. The van der Waals surface area contributed by atoms with Crippen molar-refractivity contribution in [3.63, 3.8) is 0 Å². The number of thioether (sulfide) groups is 1. The molecule has 3 aliphatic carbocycles. The van der Waals surface area contributed by atoms with Crippen LogP contribution in [0.2, 0.25) is 0 Å². The molecule has 0 spiro atoms. The normalized spacial score (nSPS) is 18.7. The Bertz CT molecular complexity index is 1610. The minimum absolute atomic E-state index is 0. The Balaban J connectivity index is -0.000000818. The molecule has 2 aromatic rings. The van der Waals surface area contributed by atoms with Gasteiger partial charge in [0.05, 0.1) is 24.7 Å². The Morgan fingerprint density at radius 2 is 1.01 bits per heavy atom. The van der Waals surface area contributed by atoms with E-state index in [9.17, 15) is 8.42 Å². The lowest BCUT2D eigenvalue weighted by molar-refractivity contribution is 0.0503. The summed E-state index contributed by atoms with van der Waals surface area (Å²) < 4.78 is 32.4. The van der Waals surface area contributed by atoms with Gasteiger partial charge in [0, 0.05) is 68.7 Å². The summed E-state index contributed by atoms with van der Waals surface area (Å²) in [5.74, 6) is 2.57. The Morgan fingerprint density at radius 3 is 1.21 bits per heavy atom. The number of benzene rings is 2. The zero-order chi connectivity index (χ0) is 59.2. The number of likely N-dealkylation sites (N-methyl/N-ethyl adjacent to an activating group) is 2. The molecular weight excluding hydrogens is 1040 g/mol. The van der Waals surface area contributed by atoms with Crippen LogP contribution in [0.25, 0.3) is 0 Å². The molecule has 0 amide bonds. The number of rotatable bonds is 10. The van der Waals surface area contributed by atoms with E-state index < -0.39 is 10.1 Å². The lowest BCUT2D eigenvalue weighted by atomic mass is 9.94. The van der Waals surface area contributed by atoms with Crippen LogP contribution < -0.4 is 31.9 Å². The highest BCUT2D eigenvalue weighted by molar-refractivity contribution is 7.99. The van der Waals surface area contributed by atoms with Crippen molar-refractivity contribution < 1.29 is 17.3 Å². The molecule has 0 aromatic heterocycles. The van der Waals surface area contributed by atoms with Gasteiger partial charge in [-0.2, -0.15) is 8.42 Å². The van der Waals surface area contributed by atoms with Crippen molar-refractivity contribution in [2.45, 2.75) is 148 Å². The monoisotopic (exact) mass is 1170 g/mol. The molecule has 15 nitrogen and oxygen atoms in total. The van der Waals surface area contributed by atoms with Crippen molar-refractivity contribution in [1.82, 2.24) is 51.1 Å². The summed E-state index contributed by atoms with van der Waals surface area (Å²) in [6, 6.07) is 19.2. The summed E-state index contributed by atoms with van der Waals surface area (Å²) in [5, 5.41) is 18.5. The summed E-state index contributed by atoms with van der Waals surface area (Å²) in [6.07, 6.45) is 23.0. The number of hydrogen-bond acceptors (Lipinski definition) is 16.